The van der Waals surface area contributed by atoms with Crippen LogP contribution in [0.15, 0.2) is 24.3 Å². The molecule has 20 heavy (non-hydrogen) atoms. The molecule has 0 aliphatic carbocycles. The molecule has 0 saturated carbocycles. The molecule has 3 N–H and O–H groups in total. The van der Waals surface area contributed by atoms with Gasteiger partial charge in [-0.05, 0) is 18.1 Å². The zero-order chi connectivity index (χ0) is 15.2. The van der Waals surface area contributed by atoms with Crippen LogP contribution in [0.4, 0.5) is 13.2 Å². The SMILES string of the molecule is CCCC[C@H](N)C(=O)NCc1ccccc1C(F)(F)F. The van der Waals surface area contributed by atoms with E-state index in [-0.39, 0.29) is 12.1 Å². The van der Waals surface area contributed by atoms with Gasteiger partial charge in [0.25, 0.3) is 0 Å². The minimum atomic E-state index is -4.42. The quantitative estimate of drug-likeness (QED) is 0.845. The molecule has 1 rings (SSSR count). The number of hydrogen-bond donors (Lipinski definition) is 2. The molecule has 0 aliphatic heterocycles. The summed E-state index contributed by atoms with van der Waals surface area (Å²) in [6.07, 6.45) is -2.17. The topological polar surface area (TPSA) is 55.1 Å². The van der Waals surface area contributed by atoms with Crippen molar-refractivity contribution >= 4 is 5.91 Å². The molecule has 0 spiro atoms. The molecule has 1 aromatic carbocycles. The number of carbonyl (C=O) groups is 1. The summed E-state index contributed by atoms with van der Waals surface area (Å²) in [5.74, 6) is -0.421. The summed E-state index contributed by atoms with van der Waals surface area (Å²) in [5, 5.41) is 2.46. The van der Waals surface area contributed by atoms with E-state index in [9.17, 15) is 18.0 Å². The first-order valence-electron chi connectivity index (χ1n) is 6.54. The Labute approximate surface area is 116 Å². The highest BCUT2D eigenvalue weighted by atomic mass is 19.4. The van der Waals surface area contributed by atoms with Gasteiger partial charge in [0, 0.05) is 6.54 Å². The molecule has 0 aliphatic rings. The maximum absolute atomic E-state index is 12.8. The molecule has 0 bridgehead atoms. The van der Waals surface area contributed by atoms with Gasteiger partial charge in [0.1, 0.15) is 0 Å². The number of nitrogens with one attached hydrogen (secondary N) is 1. The average Bonchev–Trinajstić information content (AvgIpc) is 2.41. The molecule has 1 atom stereocenters. The molecule has 1 aromatic rings. The lowest BCUT2D eigenvalue weighted by Crippen LogP contribution is -2.40. The van der Waals surface area contributed by atoms with E-state index in [1.54, 1.807) is 0 Å². The number of benzene rings is 1. The van der Waals surface area contributed by atoms with Gasteiger partial charge in [-0.3, -0.25) is 4.79 Å². The highest BCUT2D eigenvalue weighted by molar-refractivity contribution is 5.81. The van der Waals surface area contributed by atoms with E-state index in [2.05, 4.69) is 5.32 Å². The zero-order valence-electron chi connectivity index (χ0n) is 11.3. The Bertz CT molecular complexity index is 446. The minimum absolute atomic E-state index is 0.0380. The van der Waals surface area contributed by atoms with E-state index < -0.39 is 23.7 Å². The van der Waals surface area contributed by atoms with Crippen LogP contribution in [0.1, 0.15) is 37.3 Å². The number of alkyl halides is 3. The van der Waals surface area contributed by atoms with Crippen LogP contribution >= 0.6 is 0 Å². The van der Waals surface area contributed by atoms with Crippen molar-refractivity contribution < 1.29 is 18.0 Å². The number of halogens is 3. The van der Waals surface area contributed by atoms with Crippen LogP contribution in [-0.2, 0) is 17.5 Å². The van der Waals surface area contributed by atoms with Crippen molar-refractivity contribution in [2.24, 2.45) is 5.73 Å². The first-order chi connectivity index (χ1) is 9.36. The van der Waals surface area contributed by atoms with E-state index in [0.717, 1.165) is 18.9 Å². The van der Waals surface area contributed by atoms with E-state index >= 15 is 0 Å². The smallest absolute Gasteiger partial charge is 0.351 e. The second-order valence-corrected chi connectivity index (χ2v) is 4.62. The standard InChI is InChI=1S/C14H19F3N2O/c1-2-3-8-12(18)13(20)19-9-10-6-4-5-7-11(10)14(15,16)17/h4-7,12H,2-3,8-9,18H2,1H3,(H,19,20)/t12-/m0/s1. The monoisotopic (exact) mass is 288 g/mol. The van der Waals surface area contributed by atoms with E-state index in [1.807, 2.05) is 6.92 Å². The van der Waals surface area contributed by atoms with Crippen molar-refractivity contribution in [1.82, 2.24) is 5.32 Å². The number of unbranched alkanes of at least 4 members (excludes halogenated alkanes) is 1. The molecule has 112 valence electrons. The summed E-state index contributed by atoms with van der Waals surface area (Å²) in [7, 11) is 0. The van der Waals surface area contributed by atoms with Crippen molar-refractivity contribution in [3.05, 3.63) is 35.4 Å². The third-order valence-corrected chi connectivity index (χ3v) is 2.98. The molecule has 6 heteroatoms. The normalized spacial score (nSPS) is 13.1. The lowest BCUT2D eigenvalue weighted by atomic mass is 10.1. The van der Waals surface area contributed by atoms with Gasteiger partial charge in [-0.1, -0.05) is 38.0 Å². The summed E-state index contributed by atoms with van der Waals surface area (Å²) in [6, 6.07) is 4.50. The van der Waals surface area contributed by atoms with Crippen LogP contribution in [-0.4, -0.2) is 11.9 Å². The summed E-state index contributed by atoms with van der Waals surface area (Å²) in [4.78, 5) is 11.7. The molecule has 0 radical (unpaired) electrons. The molecule has 0 saturated heterocycles. The maximum atomic E-state index is 12.8. The Morgan fingerprint density at radius 3 is 2.60 bits per heavy atom. The predicted octanol–water partition coefficient (Wildman–Crippen LogP) is 2.84. The number of hydrogen-bond acceptors (Lipinski definition) is 2. The molecule has 0 unspecified atom stereocenters. The summed E-state index contributed by atoms with van der Waals surface area (Å²) < 4.78 is 38.3. The molecular weight excluding hydrogens is 269 g/mol. The van der Waals surface area contributed by atoms with Crippen LogP contribution in [0.25, 0.3) is 0 Å². The van der Waals surface area contributed by atoms with Gasteiger partial charge in [0.05, 0.1) is 11.6 Å². The van der Waals surface area contributed by atoms with Crippen LogP contribution in [0, 0.1) is 0 Å². The zero-order valence-corrected chi connectivity index (χ0v) is 11.3. The highest BCUT2D eigenvalue weighted by Crippen LogP contribution is 2.31. The van der Waals surface area contributed by atoms with Crippen LogP contribution < -0.4 is 11.1 Å². The number of nitrogens with two attached hydrogens (primary N) is 1. The Kier molecular flexibility index (Phi) is 6.01. The van der Waals surface area contributed by atoms with E-state index in [1.165, 1.54) is 18.2 Å². The van der Waals surface area contributed by atoms with Crippen molar-refractivity contribution in [3.8, 4) is 0 Å². The van der Waals surface area contributed by atoms with Crippen molar-refractivity contribution in [1.29, 1.82) is 0 Å². The highest BCUT2D eigenvalue weighted by Gasteiger charge is 2.32. The van der Waals surface area contributed by atoms with Gasteiger partial charge in [0.2, 0.25) is 5.91 Å². The first kappa shape index (κ1) is 16.5. The fourth-order valence-corrected chi connectivity index (χ4v) is 1.82. The summed E-state index contributed by atoms with van der Waals surface area (Å²) in [5.41, 5.74) is 4.96. The van der Waals surface area contributed by atoms with Crippen molar-refractivity contribution in [2.45, 2.75) is 44.9 Å². The molecule has 3 nitrogen and oxygen atoms in total. The lowest BCUT2D eigenvalue weighted by Gasteiger charge is -2.15. The molecule has 1 amide bonds. The second-order valence-electron chi connectivity index (χ2n) is 4.62. The first-order valence-corrected chi connectivity index (χ1v) is 6.54. The van der Waals surface area contributed by atoms with Crippen LogP contribution in [0.3, 0.4) is 0 Å². The lowest BCUT2D eigenvalue weighted by molar-refractivity contribution is -0.138. The fraction of sp³-hybridized carbons (Fsp3) is 0.500. The van der Waals surface area contributed by atoms with Gasteiger partial charge in [-0.2, -0.15) is 13.2 Å². The summed E-state index contributed by atoms with van der Waals surface area (Å²) in [6.45, 7) is 1.80. The van der Waals surface area contributed by atoms with Gasteiger partial charge in [0.15, 0.2) is 0 Å². The van der Waals surface area contributed by atoms with Gasteiger partial charge in [-0.25, -0.2) is 0 Å². The molecule has 0 fully saturated rings. The van der Waals surface area contributed by atoms with Crippen molar-refractivity contribution in [2.75, 3.05) is 0 Å². The van der Waals surface area contributed by atoms with Gasteiger partial charge < -0.3 is 11.1 Å². The Morgan fingerprint density at radius 1 is 1.35 bits per heavy atom. The third kappa shape index (κ3) is 4.85. The largest absolute Gasteiger partial charge is 0.416 e. The van der Waals surface area contributed by atoms with Crippen LogP contribution in [0.5, 0.6) is 0 Å². The Hall–Kier alpha value is -1.56. The predicted molar refractivity (Wildman–Crippen MR) is 70.8 cm³/mol. The molecule has 0 heterocycles. The average molecular weight is 288 g/mol. The third-order valence-electron chi connectivity index (χ3n) is 2.98. The van der Waals surface area contributed by atoms with Crippen molar-refractivity contribution in [3.63, 3.8) is 0 Å². The second kappa shape index (κ2) is 7.28. The van der Waals surface area contributed by atoms with Gasteiger partial charge in [-0.15, -0.1) is 0 Å². The van der Waals surface area contributed by atoms with Gasteiger partial charge >= 0.3 is 6.18 Å². The Balaban J connectivity index is 2.64. The minimum Gasteiger partial charge on any atom is -0.351 e. The summed E-state index contributed by atoms with van der Waals surface area (Å²) >= 11 is 0. The maximum Gasteiger partial charge on any atom is 0.416 e. The number of carbonyl (C=O) groups excluding carboxylic acids is 1. The number of amides is 1. The fourth-order valence-electron chi connectivity index (χ4n) is 1.82. The van der Waals surface area contributed by atoms with E-state index in [0.29, 0.717) is 6.42 Å². The molecule has 0 aromatic heterocycles. The molecular formula is C14H19F3N2O. The van der Waals surface area contributed by atoms with Crippen LogP contribution in [0.2, 0.25) is 0 Å². The Morgan fingerprint density at radius 2 is 2.00 bits per heavy atom. The number of rotatable bonds is 6. The van der Waals surface area contributed by atoms with E-state index in [4.69, 9.17) is 5.73 Å².